The highest BCUT2D eigenvalue weighted by Gasteiger charge is 2.01. The molecule has 1 aromatic heterocycles. The van der Waals surface area contributed by atoms with E-state index in [2.05, 4.69) is 36.1 Å². The molecule has 4 nitrogen and oxygen atoms in total. The van der Waals surface area contributed by atoms with Crippen molar-refractivity contribution in [3.63, 3.8) is 0 Å². The number of nitrogens with one attached hydrogen (secondary N) is 2. The van der Waals surface area contributed by atoms with Gasteiger partial charge in [0, 0.05) is 19.5 Å². The largest absolute Gasteiger partial charge is 0.469 e. The summed E-state index contributed by atoms with van der Waals surface area (Å²) in [5.41, 5.74) is 1.06. The molecule has 0 radical (unpaired) electrons. The summed E-state index contributed by atoms with van der Waals surface area (Å²) in [6, 6.07) is 3.89. The first-order chi connectivity index (χ1) is 9.58. The van der Waals surface area contributed by atoms with Crippen molar-refractivity contribution in [2.24, 2.45) is 10.9 Å². The molecule has 0 aliphatic rings. The van der Waals surface area contributed by atoms with Crippen molar-refractivity contribution < 1.29 is 4.42 Å². The molecule has 4 heteroatoms. The van der Waals surface area contributed by atoms with Gasteiger partial charge in [0.1, 0.15) is 5.76 Å². The highest BCUT2D eigenvalue weighted by molar-refractivity contribution is 5.79. The average Bonchev–Trinajstić information content (AvgIpc) is 2.87. The van der Waals surface area contributed by atoms with Crippen LogP contribution in [-0.2, 0) is 6.42 Å². The smallest absolute Gasteiger partial charge is 0.191 e. The van der Waals surface area contributed by atoms with E-state index in [1.165, 1.54) is 0 Å². The van der Waals surface area contributed by atoms with E-state index < -0.39 is 0 Å². The molecule has 0 unspecified atom stereocenters. The van der Waals surface area contributed by atoms with Crippen molar-refractivity contribution in [3.8, 4) is 0 Å². The maximum Gasteiger partial charge on any atom is 0.191 e. The number of guanidine groups is 1. The number of rotatable bonds is 8. The summed E-state index contributed by atoms with van der Waals surface area (Å²) in [7, 11) is 0. The molecule has 1 heterocycles. The molecule has 1 rings (SSSR count). The van der Waals surface area contributed by atoms with Crippen LogP contribution < -0.4 is 10.6 Å². The maximum atomic E-state index is 5.31. The highest BCUT2D eigenvalue weighted by Crippen LogP contribution is 2.00. The first kappa shape index (κ1) is 16.3. The number of aliphatic imine (C=N–C) groups is 1. The van der Waals surface area contributed by atoms with Crippen molar-refractivity contribution in [3.05, 3.63) is 36.3 Å². The summed E-state index contributed by atoms with van der Waals surface area (Å²) in [5, 5.41) is 6.68. The summed E-state index contributed by atoms with van der Waals surface area (Å²) in [5.74, 6) is 2.52. The monoisotopic (exact) mass is 277 g/mol. The quantitative estimate of drug-likeness (QED) is 0.436. The van der Waals surface area contributed by atoms with Crippen LogP contribution in [-0.4, -0.2) is 25.6 Å². The third-order valence-corrected chi connectivity index (χ3v) is 2.77. The fraction of sp³-hybridized carbons (Fsp3) is 0.562. The Bertz CT molecular complexity index is 407. The standard InChI is InChI=1S/C16H27N3O/c1-13(2)7-9-17-16(19-12-14(3)4)18-10-8-15-6-5-11-20-15/h5-6,11,13H,3,7-10,12H2,1-2,4H3,(H2,17,18,19). The van der Waals surface area contributed by atoms with Gasteiger partial charge in [-0.25, -0.2) is 4.99 Å². The van der Waals surface area contributed by atoms with Crippen molar-refractivity contribution in [1.29, 1.82) is 0 Å². The van der Waals surface area contributed by atoms with E-state index in [0.29, 0.717) is 12.5 Å². The Kier molecular flexibility index (Phi) is 7.55. The lowest BCUT2D eigenvalue weighted by molar-refractivity contribution is 0.506. The summed E-state index contributed by atoms with van der Waals surface area (Å²) >= 11 is 0. The van der Waals surface area contributed by atoms with Gasteiger partial charge in [-0.15, -0.1) is 0 Å². The van der Waals surface area contributed by atoms with Crippen LogP contribution in [0.25, 0.3) is 0 Å². The van der Waals surface area contributed by atoms with E-state index >= 15 is 0 Å². The zero-order valence-corrected chi connectivity index (χ0v) is 12.9. The van der Waals surface area contributed by atoms with Gasteiger partial charge in [0.05, 0.1) is 12.8 Å². The second kappa shape index (κ2) is 9.23. The van der Waals surface area contributed by atoms with Crippen LogP contribution in [0.5, 0.6) is 0 Å². The third kappa shape index (κ3) is 7.67. The van der Waals surface area contributed by atoms with E-state index in [9.17, 15) is 0 Å². The third-order valence-electron chi connectivity index (χ3n) is 2.77. The number of hydrogen-bond donors (Lipinski definition) is 2. The van der Waals surface area contributed by atoms with Crippen molar-refractivity contribution in [2.75, 3.05) is 19.6 Å². The van der Waals surface area contributed by atoms with E-state index in [-0.39, 0.29) is 0 Å². The SMILES string of the molecule is C=C(C)CN=C(NCCc1ccco1)NCCC(C)C. The van der Waals surface area contributed by atoms with Crippen LogP contribution in [0.1, 0.15) is 33.0 Å². The van der Waals surface area contributed by atoms with Gasteiger partial charge in [-0.05, 0) is 31.4 Å². The fourth-order valence-corrected chi connectivity index (χ4v) is 1.63. The fourth-order valence-electron chi connectivity index (χ4n) is 1.63. The van der Waals surface area contributed by atoms with Crippen LogP contribution in [0, 0.1) is 5.92 Å². The Hall–Kier alpha value is -1.71. The molecule has 0 saturated carbocycles. The lowest BCUT2D eigenvalue weighted by Gasteiger charge is -2.13. The predicted molar refractivity (Wildman–Crippen MR) is 85.0 cm³/mol. The van der Waals surface area contributed by atoms with Crippen LogP contribution in [0.15, 0.2) is 40.0 Å². The van der Waals surface area contributed by atoms with Gasteiger partial charge in [0.15, 0.2) is 5.96 Å². The lowest BCUT2D eigenvalue weighted by Crippen LogP contribution is -2.39. The van der Waals surface area contributed by atoms with E-state index in [0.717, 1.165) is 43.2 Å². The van der Waals surface area contributed by atoms with Gasteiger partial charge < -0.3 is 15.1 Å². The second-order valence-corrected chi connectivity index (χ2v) is 5.49. The van der Waals surface area contributed by atoms with Crippen molar-refractivity contribution in [1.82, 2.24) is 10.6 Å². The first-order valence-corrected chi connectivity index (χ1v) is 7.27. The van der Waals surface area contributed by atoms with Gasteiger partial charge in [0.25, 0.3) is 0 Å². The van der Waals surface area contributed by atoms with Gasteiger partial charge in [-0.2, -0.15) is 0 Å². The molecule has 0 saturated heterocycles. The van der Waals surface area contributed by atoms with Gasteiger partial charge in [-0.3, -0.25) is 0 Å². The summed E-state index contributed by atoms with van der Waals surface area (Å²) < 4.78 is 5.31. The highest BCUT2D eigenvalue weighted by atomic mass is 16.3. The zero-order valence-electron chi connectivity index (χ0n) is 12.9. The minimum Gasteiger partial charge on any atom is -0.469 e. The predicted octanol–water partition coefficient (Wildman–Crippen LogP) is 2.98. The minimum absolute atomic E-state index is 0.651. The molecular formula is C16H27N3O. The molecule has 0 aliphatic heterocycles. The van der Waals surface area contributed by atoms with Gasteiger partial charge >= 0.3 is 0 Å². The van der Waals surface area contributed by atoms with Crippen LogP contribution in [0.3, 0.4) is 0 Å². The van der Waals surface area contributed by atoms with E-state index in [4.69, 9.17) is 4.42 Å². The Labute approximate surface area is 122 Å². The average molecular weight is 277 g/mol. The molecule has 0 amide bonds. The number of nitrogens with zero attached hydrogens (tertiary/aromatic N) is 1. The molecule has 0 aliphatic carbocycles. The molecule has 0 fully saturated rings. The number of hydrogen-bond acceptors (Lipinski definition) is 2. The molecule has 0 atom stereocenters. The molecule has 20 heavy (non-hydrogen) atoms. The molecule has 0 spiro atoms. The normalized spacial score (nSPS) is 11.7. The second-order valence-electron chi connectivity index (χ2n) is 5.49. The summed E-state index contributed by atoms with van der Waals surface area (Å²) in [4.78, 5) is 4.50. The van der Waals surface area contributed by atoms with Crippen LogP contribution >= 0.6 is 0 Å². The molecule has 2 N–H and O–H groups in total. The maximum absolute atomic E-state index is 5.31. The molecule has 112 valence electrons. The van der Waals surface area contributed by atoms with E-state index in [1.807, 2.05) is 19.1 Å². The molecule has 1 aromatic rings. The van der Waals surface area contributed by atoms with Gasteiger partial charge in [-0.1, -0.05) is 26.0 Å². The summed E-state index contributed by atoms with van der Waals surface area (Å²) in [6.07, 6.45) is 3.68. The van der Waals surface area contributed by atoms with Crippen LogP contribution in [0.4, 0.5) is 0 Å². The first-order valence-electron chi connectivity index (χ1n) is 7.27. The topological polar surface area (TPSA) is 49.6 Å². The zero-order chi connectivity index (χ0) is 14.8. The Morgan fingerprint density at radius 1 is 1.35 bits per heavy atom. The lowest BCUT2D eigenvalue weighted by atomic mass is 10.1. The molecular weight excluding hydrogens is 250 g/mol. The molecule has 0 bridgehead atoms. The van der Waals surface area contributed by atoms with Crippen molar-refractivity contribution in [2.45, 2.75) is 33.6 Å². The Morgan fingerprint density at radius 2 is 2.10 bits per heavy atom. The minimum atomic E-state index is 0.651. The van der Waals surface area contributed by atoms with Crippen molar-refractivity contribution >= 4 is 5.96 Å². The molecule has 0 aromatic carbocycles. The van der Waals surface area contributed by atoms with Crippen LogP contribution in [0.2, 0.25) is 0 Å². The summed E-state index contributed by atoms with van der Waals surface area (Å²) in [6.45, 7) is 12.7. The number of furan rings is 1. The van der Waals surface area contributed by atoms with E-state index in [1.54, 1.807) is 6.26 Å². The Morgan fingerprint density at radius 3 is 2.70 bits per heavy atom. The van der Waals surface area contributed by atoms with Gasteiger partial charge in [0.2, 0.25) is 0 Å². The Balaban J connectivity index is 2.36.